The number of pyridine rings is 1. The summed E-state index contributed by atoms with van der Waals surface area (Å²) in [5.41, 5.74) is 2.21. The van der Waals surface area contributed by atoms with Crippen LogP contribution in [0.4, 0.5) is 0 Å². The van der Waals surface area contributed by atoms with Gasteiger partial charge >= 0.3 is 0 Å². The highest BCUT2D eigenvalue weighted by atomic mass is 16.5. The third kappa shape index (κ3) is 4.59. The Hall–Kier alpha value is -1.44. The van der Waals surface area contributed by atoms with Gasteiger partial charge in [0.05, 0.1) is 16.9 Å². The van der Waals surface area contributed by atoms with Gasteiger partial charge in [0.2, 0.25) is 0 Å². The number of hydrogen-bond donors (Lipinski definition) is 1. The second-order valence-corrected chi connectivity index (χ2v) is 6.67. The number of hydrogen-bond acceptors (Lipinski definition) is 4. The molecular weight excluding hydrogens is 250 g/mol. The molecule has 1 aromatic heterocycles. The average Bonchev–Trinajstić information content (AvgIpc) is 2.37. The largest absolute Gasteiger partial charge is 0.377 e. The number of nitriles is 1. The Balaban J connectivity index is 2.78. The molecule has 0 aliphatic carbocycles. The monoisotopic (exact) mass is 275 g/mol. The van der Waals surface area contributed by atoms with Crippen LogP contribution in [-0.4, -0.2) is 24.2 Å². The fraction of sp³-hybridized carbons (Fsp3) is 0.625. The molecule has 0 saturated carbocycles. The zero-order valence-corrected chi connectivity index (χ0v) is 13.4. The van der Waals surface area contributed by atoms with E-state index in [9.17, 15) is 5.26 Å². The maximum Gasteiger partial charge on any atom is 0.101 e. The van der Waals surface area contributed by atoms with Crippen molar-refractivity contribution in [3.05, 3.63) is 29.1 Å². The summed E-state index contributed by atoms with van der Waals surface area (Å²) in [6.45, 7) is 11.7. The summed E-state index contributed by atoms with van der Waals surface area (Å²) in [5, 5.41) is 12.6. The van der Waals surface area contributed by atoms with E-state index in [4.69, 9.17) is 4.74 Å². The molecule has 4 heteroatoms. The van der Waals surface area contributed by atoms with E-state index in [1.165, 1.54) is 0 Å². The number of ether oxygens (including phenoxy) is 1. The minimum Gasteiger partial charge on any atom is -0.377 e. The highest BCUT2D eigenvalue weighted by molar-refractivity contribution is 5.39. The van der Waals surface area contributed by atoms with Gasteiger partial charge in [-0.3, -0.25) is 4.98 Å². The van der Waals surface area contributed by atoms with E-state index in [0.29, 0.717) is 12.1 Å². The molecule has 1 rings (SSSR count). The van der Waals surface area contributed by atoms with Gasteiger partial charge in [-0.25, -0.2) is 0 Å². The van der Waals surface area contributed by atoms with Gasteiger partial charge in [-0.15, -0.1) is 0 Å². The fourth-order valence-corrected chi connectivity index (χ4v) is 1.87. The smallest absolute Gasteiger partial charge is 0.101 e. The summed E-state index contributed by atoms with van der Waals surface area (Å²) in [7, 11) is 1.70. The normalized spacial score (nSPS) is 12.2. The molecule has 4 nitrogen and oxygen atoms in total. The van der Waals surface area contributed by atoms with Crippen molar-refractivity contribution in [2.45, 2.75) is 52.2 Å². The second kappa shape index (κ2) is 6.34. The first-order valence-electron chi connectivity index (χ1n) is 6.85. The van der Waals surface area contributed by atoms with Crippen LogP contribution in [0.3, 0.4) is 0 Å². The van der Waals surface area contributed by atoms with Crippen LogP contribution in [0.25, 0.3) is 0 Å². The lowest BCUT2D eigenvalue weighted by Gasteiger charge is -2.23. The fourth-order valence-electron chi connectivity index (χ4n) is 1.87. The predicted octanol–water partition coefficient (Wildman–Crippen LogP) is 2.77. The van der Waals surface area contributed by atoms with Crippen LogP contribution in [0.5, 0.6) is 0 Å². The molecule has 0 saturated heterocycles. The summed E-state index contributed by atoms with van der Waals surface area (Å²) in [6.07, 6.45) is 1.84. The number of rotatable bonds is 5. The number of nitrogens with zero attached hydrogens (tertiary/aromatic N) is 2. The highest BCUT2D eigenvalue weighted by Crippen LogP contribution is 2.23. The first kappa shape index (κ1) is 16.6. The average molecular weight is 275 g/mol. The van der Waals surface area contributed by atoms with E-state index in [1.807, 2.05) is 26.1 Å². The molecule has 1 heterocycles. The van der Waals surface area contributed by atoms with Crippen LogP contribution in [0.2, 0.25) is 0 Å². The SMILES string of the molecule is COC(C)(C)CNCc1cnc(C(C)(C)C)c(C#N)c1. The molecule has 110 valence electrons. The van der Waals surface area contributed by atoms with Crippen LogP contribution in [0.1, 0.15) is 51.4 Å². The van der Waals surface area contributed by atoms with Crippen molar-refractivity contribution in [3.63, 3.8) is 0 Å². The molecule has 20 heavy (non-hydrogen) atoms. The predicted molar refractivity (Wildman–Crippen MR) is 80.4 cm³/mol. The van der Waals surface area contributed by atoms with Gasteiger partial charge < -0.3 is 10.1 Å². The van der Waals surface area contributed by atoms with Crippen LogP contribution in [0.15, 0.2) is 12.3 Å². The van der Waals surface area contributed by atoms with E-state index < -0.39 is 0 Å². The number of aromatic nitrogens is 1. The third-order valence-corrected chi connectivity index (χ3v) is 3.21. The van der Waals surface area contributed by atoms with Crippen LogP contribution in [-0.2, 0) is 16.7 Å². The summed E-state index contributed by atoms with van der Waals surface area (Å²) in [6, 6.07) is 4.16. The van der Waals surface area contributed by atoms with Gasteiger partial charge in [-0.2, -0.15) is 5.26 Å². The first-order valence-corrected chi connectivity index (χ1v) is 6.85. The molecule has 1 aromatic rings. The lowest BCUT2D eigenvalue weighted by molar-refractivity contribution is 0.0230. The Bertz CT molecular complexity index is 495. The Labute approximate surface area is 122 Å². The zero-order chi connectivity index (χ0) is 15.4. The molecule has 0 aromatic carbocycles. The van der Waals surface area contributed by atoms with Gasteiger partial charge in [-0.1, -0.05) is 20.8 Å². The van der Waals surface area contributed by atoms with Crippen LogP contribution >= 0.6 is 0 Å². The topological polar surface area (TPSA) is 57.9 Å². The third-order valence-electron chi connectivity index (χ3n) is 3.21. The summed E-state index contributed by atoms with van der Waals surface area (Å²) < 4.78 is 5.35. The van der Waals surface area contributed by atoms with E-state index in [1.54, 1.807) is 7.11 Å². The van der Waals surface area contributed by atoms with E-state index in [2.05, 4.69) is 37.1 Å². The number of nitrogens with one attached hydrogen (secondary N) is 1. The lowest BCUT2D eigenvalue weighted by Crippen LogP contribution is -2.36. The van der Waals surface area contributed by atoms with Gasteiger partial charge in [-0.05, 0) is 25.5 Å². The maximum atomic E-state index is 9.27. The molecule has 0 aliphatic rings. The highest BCUT2D eigenvalue weighted by Gasteiger charge is 2.20. The number of methoxy groups -OCH3 is 1. The molecule has 0 fully saturated rings. The zero-order valence-electron chi connectivity index (χ0n) is 13.4. The van der Waals surface area contributed by atoms with E-state index in [-0.39, 0.29) is 11.0 Å². The van der Waals surface area contributed by atoms with Crippen molar-refractivity contribution in [3.8, 4) is 6.07 Å². The molecule has 0 atom stereocenters. The van der Waals surface area contributed by atoms with Crippen LogP contribution < -0.4 is 5.32 Å². The van der Waals surface area contributed by atoms with Crippen molar-refractivity contribution in [1.82, 2.24) is 10.3 Å². The molecule has 0 unspecified atom stereocenters. The molecule has 0 bridgehead atoms. The molecular formula is C16H25N3O. The van der Waals surface area contributed by atoms with E-state index in [0.717, 1.165) is 17.8 Å². The van der Waals surface area contributed by atoms with Crippen molar-refractivity contribution in [2.75, 3.05) is 13.7 Å². The summed E-state index contributed by atoms with van der Waals surface area (Å²) in [5.74, 6) is 0. The van der Waals surface area contributed by atoms with Gasteiger partial charge in [0.15, 0.2) is 0 Å². The van der Waals surface area contributed by atoms with Gasteiger partial charge in [0, 0.05) is 31.8 Å². The molecule has 0 spiro atoms. The second-order valence-electron chi connectivity index (χ2n) is 6.67. The lowest BCUT2D eigenvalue weighted by atomic mass is 9.88. The van der Waals surface area contributed by atoms with Crippen molar-refractivity contribution >= 4 is 0 Å². The van der Waals surface area contributed by atoms with Crippen molar-refractivity contribution in [1.29, 1.82) is 5.26 Å². The van der Waals surface area contributed by atoms with Gasteiger partial charge in [0.1, 0.15) is 6.07 Å². The van der Waals surface area contributed by atoms with Crippen molar-refractivity contribution < 1.29 is 4.74 Å². The summed E-state index contributed by atoms with van der Waals surface area (Å²) >= 11 is 0. The molecule has 1 N–H and O–H groups in total. The maximum absolute atomic E-state index is 9.27. The molecule has 0 radical (unpaired) electrons. The Morgan fingerprint density at radius 1 is 1.30 bits per heavy atom. The molecule has 0 aliphatic heterocycles. The quantitative estimate of drug-likeness (QED) is 0.897. The summed E-state index contributed by atoms with van der Waals surface area (Å²) in [4.78, 5) is 4.46. The Morgan fingerprint density at radius 2 is 1.95 bits per heavy atom. The standard InChI is InChI=1S/C16H25N3O/c1-15(2,3)14-13(8-17)7-12(10-19-14)9-18-11-16(4,5)20-6/h7,10,18H,9,11H2,1-6H3. The minimum absolute atomic E-state index is 0.116. The Morgan fingerprint density at radius 3 is 2.45 bits per heavy atom. The van der Waals surface area contributed by atoms with Crippen molar-refractivity contribution in [2.24, 2.45) is 0 Å². The van der Waals surface area contributed by atoms with Gasteiger partial charge in [0.25, 0.3) is 0 Å². The Kier molecular flexibility index (Phi) is 5.27. The first-order chi connectivity index (χ1) is 9.19. The minimum atomic E-state index is -0.198. The van der Waals surface area contributed by atoms with E-state index >= 15 is 0 Å². The van der Waals surface area contributed by atoms with Crippen LogP contribution in [0, 0.1) is 11.3 Å². The molecule has 0 amide bonds.